The lowest BCUT2D eigenvalue weighted by atomic mass is 9.82. The first-order valence-electron chi connectivity index (χ1n) is 11.9. The van der Waals surface area contributed by atoms with Gasteiger partial charge in [0.2, 0.25) is 0 Å². The molecule has 1 aliphatic rings. The van der Waals surface area contributed by atoms with Crippen LogP contribution < -0.4 is 10.1 Å². The molecule has 0 aliphatic carbocycles. The highest BCUT2D eigenvalue weighted by Crippen LogP contribution is 2.34. The minimum Gasteiger partial charge on any atom is -0.487 e. The first-order valence-corrected chi connectivity index (χ1v) is 11.9. The van der Waals surface area contributed by atoms with E-state index in [9.17, 15) is 14.4 Å². The van der Waals surface area contributed by atoms with E-state index in [2.05, 4.69) is 16.4 Å². The highest BCUT2D eigenvalue weighted by molar-refractivity contribution is 6.04. The van der Waals surface area contributed by atoms with Gasteiger partial charge >= 0.3 is 11.9 Å². The maximum Gasteiger partial charge on any atom is 0.324 e. The van der Waals surface area contributed by atoms with E-state index < -0.39 is 29.9 Å². The van der Waals surface area contributed by atoms with Gasteiger partial charge in [0, 0.05) is 23.6 Å². The van der Waals surface area contributed by atoms with Crippen LogP contribution in [0.4, 0.5) is 0 Å². The number of rotatable bonds is 10. The Bertz CT molecular complexity index is 1190. The van der Waals surface area contributed by atoms with Crippen molar-refractivity contribution >= 4 is 28.6 Å². The molecular weight excluding hydrogens is 448 g/mol. The van der Waals surface area contributed by atoms with Crippen molar-refractivity contribution in [3.05, 3.63) is 65.9 Å². The quantitative estimate of drug-likeness (QED) is 0.262. The number of fused-ring (bicyclic) bond motifs is 2. The van der Waals surface area contributed by atoms with Crippen molar-refractivity contribution in [3.8, 4) is 5.75 Å². The van der Waals surface area contributed by atoms with Crippen molar-refractivity contribution in [1.29, 1.82) is 0 Å². The smallest absolute Gasteiger partial charge is 0.324 e. The number of para-hydroxylation sites is 2. The number of nitrogens with one attached hydrogen (secondary N) is 2. The van der Waals surface area contributed by atoms with Gasteiger partial charge in [0.05, 0.1) is 24.7 Å². The average Bonchev–Trinajstić information content (AvgIpc) is 3.27. The third kappa shape index (κ3) is 5.22. The molecule has 0 radical (unpaired) electrons. The predicted molar refractivity (Wildman–Crippen MR) is 130 cm³/mol. The van der Waals surface area contributed by atoms with E-state index in [4.69, 9.17) is 14.2 Å². The molecule has 8 heteroatoms. The van der Waals surface area contributed by atoms with Crippen molar-refractivity contribution in [2.75, 3.05) is 26.3 Å². The molecule has 2 N–H and O–H groups in total. The molecule has 0 saturated carbocycles. The van der Waals surface area contributed by atoms with Crippen LogP contribution in [0, 0.1) is 11.8 Å². The Labute approximate surface area is 203 Å². The van der Waals surface area contributed by atoms with Gasteiger partial charge in [0.25, 0.3) is 0 Å². The lowest BCUT2D eigenvalue weighted by Gasteiger charge is -2.35. The van der Waals surface area contributed by atoms with Gasteiger partial charge in [-0.3, -0.25) is 14.4 Å². The topological polar surface area (TPSA) is 107 Å². The number of benzene rings is 2. The predicted octanol–water partition coefficient (Wildman–Crippen LogP) is 3.30. The second kappa shape index (κ2) is 11.2. The Kier molecular flexibility index (Phi) is 7.82. The van der Waals surface area contributed by atoms with E-state index in [1.165, 1.54) is 0 Å². The molecule has 2 atom stereocenters. The van der Waals surface area contributed by atoms with E-state index >= 15 is 0 Å². The van der Waals surface area contributed by atoms with Crippen LogP contribution in [0.2, 0.25) is 0 Å². The number of ketones is 1. The van der Waals surface area contributed by atoms with Gasteiger partial charge in [-0.25, -0.2) is 0 Å². The fourth-order valence-corrected chi connectivity index (χ4v) is 4.51. The van der Waals surface area contributed by atoms with Gasteiger partial charge in [-0.1, -0.05) is 30.3 Å². The SMILES string of the molecule is CCOC(=O)C(C(=O)OCC)C1Oc2ccccc2C(=O)C1CNCCc1c[nH]c2ccccc12. The van der Waals surface area contributed by atoms with Crippen molar-refractivity contribution in [3.63, 3.8) is 0 Å². The van der Waals surface area contributed by atoms with Crippen molar-refractivity contribution < 1.29 is 28.6 Å². The van der Waals surface area contributed by atoms with E-state index in [0.717, 1.165) is 22.9 Å². The highest BCUT2D eigenvalue weighted by atomic mass is 16.6. The number of aromatic amines is 1. The van der Waals surface area contributed by atoms with E-state index in [1.54, 1.807) is 38.1 Å². The fourth-order valence-electron chi connectivity index (χ4n) is 4.51. The van der Waals surface area contributed by atoms with Crippen LogP contribution in [-0.4, -0.2) is 55.1 Å². The molecule has 35 heavy (non-hydrogen) atoms. The fraction of sp³-hybridized carbons (Fsp3) is 0.370. The molecule has 184 valence electrons. The minimum absolute atomic E-state index is 0.0968. The number of hydrogen-bond donors (Lipinski definition) is 2. The van der Waals surface area contributed by atoms with Crippen molar-refractivity contribution in [1.82, 2.24) is 10.3 Å². The van der Waals surface area contributed by atoms with E-state index in [0.29, 0.717) is 17.9 Å². The molecule has 0 saturated heterocycles. The number of carbonyl (C=O) groups excluding carboxylic acids is 3. The largest absolute Gasteiger partial charge is 0.487 e. The number of aromatic nitrogens is 1. The first kappa shape index (κ1) is 24.5. The van der Waals surface area contributed by atoms with Crippen LogP contribution in [0.15, 0.2) is 54.7 Å². The second-order valence-corrected chi connectivity index (χ2v) is 8.34. The zero-order valence-electron chi connectivity index (χ0n) is 19.9. The number of H-pyrrole nitrogens is 1. The molecular formula is C27H30N2O6. The third-order valence-corrected chi connectivity index (χ3v) is 6.17. The number of carbonyl (C=O) groups is 3. The summed E-state index contributed by atoms with van der Waals surface area (Å²) in [7, 11) is 0. The average molecular weight is 479 g/mol. The molecule has 1 aromatic heterocycles. The number of Topliss-reactive ketones (excluding diaryl/α,β-unsaturated/α-hetero) is 1. The number of esters is 2. The summed E-state index contributed by atoms with van der Waals surface area (Å²) < 4.78 is 16.4. The Morgan fingerprint density at radius 2 is 1.71 bits per heavy atom. The molecule has 8 nitrogen and oxygen atoms in total. The Hall–Kier alpha value is -3.65. The van der Waals surface area contributed by atoms with Crippen LogP contribution in [0.25, 0.3) is 10.9 Å². The van der Waals surface area contributed by atoms with Crippen molar-refractivity contribution in [2.45, 2.75) is 26.4 Å². The molecule has 0 spiro atoms. The summed E-state index contributed by atoms with van der Waals surface area (Å²) in [5, 5.41) is 4.48. The van der Waals surface area contributed by atoms with E-state index in [-0.39, 0.29) is 25.5 Å². The summed E-state index contributed by atoms with van der Waals surface area (Å²) in [6.07, 6.45) is 1.68. The summed E-state index contributed by atoms with van der Waals surface area (Å²) in [5.41, 5.74) is 2.66. The molecule has 1 aliphatic heterocycles. The molecule has 0 fully saturated rings. The summed E-state index contributed by atoms with van der Waals surface area (Å²) in [5.74, 6) is -3.50. The molecule has 0 amide bonds. The van der Waals surface area contributed by atoms with Gasteiger partial charge in [-0.2, -0.15) is 0 Å². The number of ether oxygens (including phenoxy) is 3. The summed E-state index contributed by atoms with van der Waals surface area (Å²) in [6.45, 7) is 4.34. The van der Waals surface area contributed by atoms with Gasteiger partial charge in [0.15, 0.2) is 11.7 Å². The van der Waals surface area contributed by atoms with Crippen LogP contribution in [0.5, 0.6) is 5.75 Å². The van der Waals surface area contributed by atoms with Crippen LogP contribution >= 0.6 is 0 Å². The summed E-state index contributed by atoms with van der Waals surface area (Å²) >= 11 is 0. The maximum absolute atomic E-state index is 13.5. The summed E-state index contributed by atoms with van der Waals surface area (Å²) in [6, 6.07) is 14.9. The Morgan fingerprint density at radius 3 is 2.46 bits per heavy atom. The standard InChI is InChI=1S/C27H30N2O6/c1-3-33-26(31)23(27(32)34-4-2)25-20(24(30)19-10-6-8-12-22(19)35-25)16-28-14-13-17-15-29-21-11-7-5-9-18(17)21/h5-12,15,20,23,25,28-29H,3-4,13-14,16H2,1-2H3. The molecule has 4 rings (SSSR count). The summed E-state index contributed by atoms with van der Waals surface area (Å²) in [4.78, 5) is 42.3. The van der Waals surface area contributed by atoms with Gasteiger partial charge < -0.3 is 24.5 Å². The first-order chi connectivity index (χ1) is 17.0. The lowest BCUT2D eigenvalue weighted by Crippen LogP contribution is -2.52. The molecule has 0 bridgehead atoms. The monoisotopic (exact) mass is 478 g/mol. The maximum atomic E-state index is 13.5. The highest BCUT2D eigenvalue weighted by Gasteiger charge is 2.48. The van der Waals surface area contributed by atoms with Crippen LogP contribution in [0.3, 0.4) is 0 Å². The van der Waals surface area contributed by atoms with Crippen LogP contribution in [0.1, 0.15) is 29.8 Å². The van der Waals surface area contributed by atoms with Gasteiger partial charge in [0.1, 0.15) is 11.9 Å². The molecule has 3 aromatic rings. The number of hydrogen-bond acceptors (Lipinski definition) is 7. The molecule has 2 unspecified atom stereocenters. The molecule has 2 aromatic carbocycles. The van der Waals surface area contributed by atoms with Gasteiger partial charge in [-0.15, -0.1) is 0 Å². The van der Waals surface area contributed by atoms with Crippen LogP contribution in [-0.2, 0) is 25.5 Å². The zero-order valence-corrected chi connectivity index (χ0v) is 19.9. The Morgan fingerprint density at radius 1 is 1.03 bits per heavy atom. The van der Waals surface area contributed by atoms with Crippen molar-refractivity contribution in [2.24, 2.45) is 11.8 Å². The normalized spacial score (nSPS) is 17.2. The third-order valence-electron chi connectivity index (χ3n) is 6.17. The Balaban J connectivity index is 1.54. The lowest BCUT2D eigenvalue weighted by molar-refractivity contribution is -0.167. The van der Waals surface area contributed by atoms with E-state index in [1.807, 2.05) is 24.4 Å². The minimum atomic E-state index is -1.37. The zero-order chi connectivity index (χ0) is 24.8. The second-order valence-electron chi connectivity index (χ2n) is 8.34. The van der Waals surface area contributed by atoms with Gasteiger partial charge in [-0.05, 0) is 50.6 Å². The molecule has 2 heterocycles.